The van der Waals surface area contributed by atoms with E-state index in [0.717, 1.165) is 25.8 Å². The number of nitrogens with one attached hydrogen (secondary N) is 2. The second-order valence-electron chi connectivity index (χ2n) is 4.09. The Balaban J connectivity index is 2.33. The highest BCUT2D eigenvalue weighted by molar-refractivity contribution is 5.81. The van der Waals surface area contributed by atoms with Crippen molar-refractivity contribution in [2.24, 2.45) is 0 Å². The van der Waals surface area contributed by atoms with Crippen molar-refractivity contribution in [3.63, 3.8) is 0 Å². The molecule has 1 atom stereocenters. The molecule has 3 N–H and O–H groups in total. The Morgan fingerprint density at radius 2 is 2.19 bits per heavy atom. The summed E-state index contributed by atoms with van der Waals surface area (Å²) in [5.41, 5.74) is 0. The van der Waals surface area contributed by atoms with Crippen LogP contribution in [-0.2, 0) is 4.79 Å². The normalized spacial score (nSPS) is 22.6. The average Bonchev–Trinajstić information content (AvgIpc) is 2.54. The molecule has 1 saturated heterocycles. The first-order chi connectivity index (χ1) is 7.55. The summed E-state index contributed by atoms with van der Waals surface area (Å²) in [6.07, 6.45) is 3.68. The van der Waals surface area contributed by atoms with Crippen molar-refractivity contribution in [1.82, 2.24) is 10.6 Å². The molecule has 0 radical (unpaired) electrons. The molecule has 4 nitrogen and oxygen atoms in total. The second kappa shape index (κ2) is 6.10. The van der Waals surface area contributed by atoms with E-state index in [0.29, 0.717) is 6.42 Å². The summed E-state index contributed by atoms with van der Waals surface area (Å²) in [6, 6.07) is -0.378. The number of rotatable bonds is 4. The van der Waals surface area contributed by atoms with Gasteiger partial charge in [0.05, 0.1) is 12.6 Å². The lowest BCUT2D eigenvalue weighted by atomic mass is 10.1. The fourth-order valence-electron chi connectivity index (χ4n) is 1.65. The van der Waals surface area contributed by atoms with Gasteiger partial charge in [-0.05, 0) is 19.4 Å². The van der Waals surface area contributed by atoms with Crippen LogP contribution in [0, 0.1) is 0 Å². The Morgan fingerprint density at radius 3 is 2.88 bits per heavy atom. The number of carbonyl (C=O) groups is 1. The van der Waals surface area contributed by atoms with Crippen molar-refractivity contribution >= 4 is 5.91 Å². The van der Waals surface area contributed by atoms with Crippen molar-refractivity contribution in [2.75, 3.05) is 19.7 Å². The molecule has 0 spiro atoms. The van der Waals surface area contributed by atoms with Crippen LogP contribution in [0.25, 0.3) is 0 Å². The highest BCUT2D eigenvalue weighted by Gasteiger charge is 2.29. The van der Waals surface area contributed by atoms with Crippen LogP contribution in [0.1, 0.15) is 25.7 Å². The number of alkyl halides is 2. The third kappa shape index (κ3) is 4.40. The molecule has 94 valence electrons. The minimum absolute atomic E-state index is 0.378. The predicted octanol–water partition coefficient (Wildman–Crippen LogP) is 0.262. The van der Waals surface area contributed by atoms with Crippen LogP contribution in [0.3, 0.4) is 0 Å². The lowest BCUT2D eigenvalue weighted by Crippen LogP contribution is -2.48. The second-order valence-corrected chi connectivity index (χ2v) is 4.09. The molecule has 0 aromatic carbocycles. The van der Waals surface area contributed by atoms with E-state index in [1.807, 2.05) is 0 Å². The molecule has 1 rings (SSSR count). The first-order valence-electron chi connectivity index (χ1n) is 5.55. The fourth-order valence-corrected chi connectivity index (χ4v) is 1.65. The molecule has 1 unspecified atom stereocenters. The molecule has 1 heterocycles. The topological polar surface area (TPSA) is 61.4 Å². The van der Waals surface area contributed by atoms with E-state index in [4.69, 9.17) is 5.11 Å². The molecule has 0 aromatic heterocycles. The van der Waals surface area contributed by atoms with E-state index < -0.39 is 25.0 Å². The molecular weight excluding hydrogens is 218 g/mol. The number of hydrogen-bond acceptors (Lipinski definition) is 3. The van der Waals surface area contributed by atoms with Crippen molar-refractivity contribution in [3.05, 3.63) is 0 Å². The molecule has 1 amide bonds. The monoisotopic (exact) mass is 236 g/mol. The summed E-state index contributed by atoms with van der Waals surface area (Å²) >= 11 is 0. The standard InChI is InChI=1S/C10H18F2N2O2/c11-10(12,7-15)6-14-9(16)8-4-2-1-3-5-13-8/h8,13,15H,1-7H2,(H,14,16). The van der Waals surface area contributed by atoms with E-state index in [-0.39, 0.29) is 6.04 Å². The quantitative estimate of drug-likeness (QED) is 0.656. The third-order valence-electron chi connectivity index (χ3n) is 2.63. The summed E-state index contributed by atoms with van der Waals surface area (Å²) in [5, 5.41) is 13.5. The maximum Gasteiger partial charge on any atom is 0.287 e. The summed E-state index contributed by atoms with van der Waals surface area (Å²) in [7, 11) is 0. The Hall–Kier alpha value is -0.750. The maximum atomic E-state index is 12.7. The number of amides is 1. The van der Waals surface area contributed by atoms with Gasteiger partial charge in [-0.2, -0.15) is 0 Å². The summed E-state index contributed by atoms with van der Waals surface area (Å²) in [6.45, 7) is -1.31. The fraction of sp³-hybridized carbons (Fsp3) is 0.900. The van der Waals surface area contributed by atoms with E-state index in [1.54, 1.807) is 0 Å². The van der Waals surface area contributed by atoms with Gasteiger partial charge in [-0.15, -0.1) is 0 Å². The van der Waals surface area contributed by atoms with Gasteiger partial charge < -0.3 is 15.7 Å². The maximum absolute atomic E-state index is 12.7. The molecule has 0 saturated carbocycles. The van der Waals surface area contributed by atoms with E-state index >= 15 is 0 Å². The number of aliphatic hydroxyl groups is 1. The molecule has 0 aromatic rings. The summed E-state index contributed by atoms with van der Waals surface area (Å²) < 4.78 is 25.4. The molecule has 1 fully saturated rings. The van der Waals surface area contributed by atoms with Gasteiger partial charge in [0.1, 0.15) is 6.61 Å². The SMILES string of the molecule is O=C(NCC(F)(F)CO)C1CCCCCN1. The Bertz CT molecular complexity index is 229. The van der Waals surface area contributed by atoms with Crippen LogP contribution in [0.4, 0.5) is 8.78 Å². The number of aliphatic hydroxyl groups excluding tert-OH is 1. The largest absolute Gasteiger partial charge is 0.390 e. The van der Waals surface area contributed by atoms with Crippen LogP contribution in [0.5, 0.6) is 0 Å². The molecule has 1 aliphatic heterocycles. The van der Waals surface area contributed by atoms with Gasteiger partial charge in [0, 0.05) is 0 Å². The van der Waals surface area contributed by atoms with Crippen LogP contribution in [0.15, 0.2) is 0 Å². The summed E-state index contributed by atoms with van der Waals surface area (Å²) in [4.78, 5) is 11.5. The van der Waals surface area contributed by atoms with Crippen LogP contribution in [-0.4, -0.2) is 42.7 Å². The molecule has 16 heavy (non-hydrogen) atoms. The lowest BCUT2D eigenvalue weighted by Gasteiger charge is -2.18. The highest BCUT2D eigenvalue weighted by atomic mass is 19.3. The van der Waals surface area contributed by atoms with Crippen molar-refractivity contribution in [1.29, 1.82) is 0 Å². The number of hydrogen-bond donors (Lipinski definition) is 3. The Kier molecular flexibility index (Phi) is 5.08. The first kappa shape index (κ1) is 13.3. The molecule has 1 aliphatic rings. The van der Waals surface area contributed by atoms with Crippen molar-refractivity contribution < 1.29 is 18.7 Å². The predicted molar refractivity (Wildman–Crippen MR) is 55.3 cm³/mol. The number of carbonyl (C=O) groups excluding carboxylic acids is 1. The number of halogens is 2. The van der Waals surface area contributed by atoms with Gasteiger partial charge in [0.2, 0.25) is 5.91 Å². The highest BCUT2D eigenvalue weighted by Crippen LogP contribution is 2.11. The molecular formula is C10H18F2N2O2. The average molecular weight is 236 g/mol. The van der Waals surface area contributed by atoms with Gasteiger partial charge in [-0.25, -0.2) is 8.78 Å². The van der Waals surface area contributed by atoms with E-state index in [2.05, 4.69) is 10.6 Å². The van der Waals surface area contributed by atoms with Crippen LogP contribution in [0.2, 0.25) is 0 Å². The van der Waals surface area contributed by atoms with Gasteiger partial charge >= 0.3 is 0 Å². The first-order valence-corrected chi connectivity index (χ1v) is 5.55. The van der Waals surface area contributed by atoms with Crippen LogP contribution < -0.4 is 10.6 Å². The zero-order valence-electron chi connectivity index (χ0n) is 9.14. The van der Waals surface area contributed by atoms with Gasteiger partial charge in [-0.1, -0.05) is 12.8 Å². The minimum Gasteiger partial charge on any atom is -0.390 e. The van der Waals surface area contributed by atoms with E-state index in [1.165, 1.54) is 0 Å². The summed E-state index contributed by atoms with van der Waals surface area (Å²) in [5.74, 6) is -3.64. The minimum atomic E-state index is -3.24. The Labute approximate surface area is 93.4 Å². The van der Waals surface area contributed by atoms with Crippen LogP contribution >= 0.6 is 0 Å². The Morgan fingerprint density at radius 1 is 1.44 bits per heavy atom. The lowest BCUT2D eigenvalue weighted by molar-refractivity contribution is -0.126. The third-order valence-corrected chi connectivity index (χ3v) is 2.63. The molecule has 6 heteroatoms. The van der Waals surface area contributed by atoms with Gasteiger partial charge in [0.15, 0.2) is 0 Å². The van der Waals surface area contributed by atoms with E-state index in [9.17, 15) is 13.6 Å². The van der Waals surface area contributed by atoms with Gasteiger partial charge in [-0.3, -0.25) is 4.79 Å². The zero-order valence-corrected chi connectivity index (χ0v) is 9.14. The zero-order chi connectivity index (χ0) is 12.0. The van der Waals surface area contributed by atoms with Crippen molar-refractivity contribution in [3.8, 4) is 0 Å². The molecule has 0 bridgehead atoms. The molecule has 0 aliphatic carbocycles. The van der Waals surface area contributed by atoms with Gasteiger partial charge in [0.25, 0.3) is 5.92 Å². The van der Waals surface area contributed by atoms with Crippen molar-refractivity contribution in [2.45, 2.75) is 37.6 Å². The smallest absolute Gasteiger partial charge is 0.287 e.